The number of aryl methyl sites for hydroxylation is 2. The van der Waals surface area contributed by atoms with Crippen LogP contribution >= 0.6 is 0 Å². The highest BCUT2D eigenvalue weighted by Crippen LogP contribution is 2.22. The van der Waals surface area contributed by atoms with Gasteiger partial charge in [-0.3, -0.25) is 0 Å². The third kappa shape index (κ3) is 5.04. The second kappa shape index (κ2) is 9.24. The lowest BCUT2D eigenvalue weighted by Crippen LogP contribution is -1.81. The molecule has 0 N–H and O–H groups in total. The highest BCUT2D eigenvalue weighted by Gasteiger charge is 1.98. The van der Waals surface area contributed by atoms with Gasteiger partial charge in [-0.1, -0.05) is 127 Å². The Morgan fingerprint density at radius 2 is 1.03 bits per heavy atom. The van der Waals surface area contributed by atoms with E-state index in [9.17, 15) is 0 Å². The summed E-state index contributed by atoms with van der Waals surface area (Å²) in [6.45, 7) is 4.26. The van der Waals surface area contributed by atoms with Crippen LogP contribution < -0.4 is 0 Å². The Hall–Kier alpha value is -3.64. The normalized spacial score (nSPS) is 11.4. The van der Waals surface area contributed by atoms with Gasteiger partial charge in [-0.15, -0.1) is 0 Å². The van der Waals surface area contributed by atoms with Crippen LogP contribution in [0.3, 0.4) is 0 Å². The summed E-state index contributed by atoms with van der Waals surface area (Å²) in [5.74, 6) is 0. The van der Waals surface area contributed by atoms with E-state index in [-0.39, 0.29) is 0 Å². The summed E-state index contributed by atoms with van der Waals surface area (Å²) in [6, 6.07) is 34.4. The SMILES string of the molecule is Cc1cccc(/C=C/c2ccc(-c3ccc(/C=C/c4ccccc4C)cc3)cc2)c1. The molecule has 0 aromatic heterocycles. The first-order chi connectivity index (χ1) is 14.7. The molecule has 0 fully saturated rings. The molecule has 0 bridgehead atoms. The molecule has 0 heterocycles. The average molecular weight is 387 g/mol. The van der Waals surface area contributed by atoms with Crippen LogP contribution in [0.5, 0.6) is 0 Å². The van der Waals surface area contributed by atoms with Gasteiger partial charge in [-0.2, -0.15) is 0 Å². The van der Waals surface area contributed by atoms with Gasteiger partial charge < -0.3 is 0 Å². The molecule has 0 unspecified atom stereocenters. The molecule has 146 valence electrons. The predicted octanol–water partition coefficient (Wildman–Crippen LogP) is 8.31. The van der Waals surface area contributed by atoms with Crippen LogP contribution in [0, 0.1) is 13.8 Å². The van der Waals surface area contributed by atoms with Crippen LogP contribution in [0.2, 0.25) is 0 Å². The Morgan fingerprint density at radius 3 is 1.63 bits per heavy atom. The van der Waals surface area contributed by atoms with Crippen LogP contribution in [0.25, 0.3) is 35.4 Å². The highest BCUT2D eigenvalue weighted by molar-refractivity contribution is 5.74. The van der Waals surface area contributed by atoms with Crippen molar-refractivity contribution in [3.8, 4) is 11.1 Å². The van der Waals surface area contributed by atoms with Gasteiger partial charge in [0.15, 0.2) is 0 Å². The van der Waals surface area contributed by atoms with Crippen molar-refractivity contribution in [3.05, 3.63) is 130 Å². The fourth-order valence-corrected chi connectivity index (χ4v) is 3.50. The Labute approximate surface area is 179 Å². The lowest BCUT2D eigenvalue weighted by Gasteiger charge is -2.04. The van der Waals surface area contributed by atoms with E-state index in [1.54, 1.807) is 0 Å². The van der Waals surface area contributed by atoms with E-state index >= 15 is 0 Å². The van der Waals surface area contributed by atoms with Gasteiger partial charge in [0.05, 0.1) is 0 Å². The molecule has 0 saturated heterocycles. The monoisotopic (exact) mass is 386 g/mol. The summed E-state index contributed by atoms with van der Waals surface area (Å²) in [4.78, 5) is 0. The highest BCUT2D eigenvalue weighted by atomic mass is 14.0. The van der Waals surface area contributed by atoms with Crippen LogP contribution in [0.4, 0.5) is 0 Å². The van der Waals surface area contributed by atoms with E-state index in [2.05, 4.69) is 135 Å². The van der Waals surface area contributed by atoms with Gasteiger partial charge in [0.25, 0.3) is 0 Å². The quantitative estimate of drug-likeness (QED) is 0.302. The number of benzene rings is 4. The largest absolute Gasteiger partial charge is 0.0620 e. The molecule has 4 aromatic carbocycles. The van der Waals surface area contributed by atoms with Gasteiger partial charge in [-0.25, -0.2) is 0 Å². The van der Waals surface area contributed by atoms with Crippen molar-refractivity contribution in [1.82, 2.24) is 0 Å². The molecule has 4 aromatic rings. The van der Waals surface area contributed by atoms with Crippen LogP contribution in [0.1, 0.15) is 33.4 Å². The van der Waals surface area contributed by atoms with Crippen LogP contribution in [-0.2, 0) is 0 Å². The van der Waals surface area contributed by atoms with Gasteiger partial charge in [-0.05, 0) is 52.8 Å². The van der Waals surface area contributed by atoms with Gasteiger partial charge in [0.2, 0.25) is 0 Å². The van der Waals surface area contributed by atoms with Crippen molar-refractivity contribution in [3.63, 3.8) is 0 Å². The molecule has 0 aliphatic rings. The molecular weight excluding hydrogens is 360 g/mol. The smallest absolute Gasteiger partial charge is 0.0184 e. The van der Waals surface area contributed by atoms with E-state index in [1.165, 1.54) is 44.5 Å². The Morgan fingerprint density at radius 1 is 0.467 bits per heavy atom. The summed E-state index contributed by atoms with van der Waals surface area (Å²) in [5.41, 5.74) is 9.95. The third-order valence-corrected chi connectivity index (χ3v) is 5.31. The van der Waals surface area contributed by atoms with Crippen molar-refractivity contribution in [2.75, 3.05) is 0 Å². The maximum atomic E-state index is 2.19. The maximum absolute atomic E-state index is 2.19. The number of hydrogen-bond acceptors (Lipinski definition) is 0. The molecule has 0 spiro atoms. The average Bonchev–Trinajstić information content (AvgIpc) is 2.78. The van der Waals surface area contributed by atoms with Gasteiger partial charge in [0.1, 0.15) is 0 Å². The van der Waals surface area contributed by atoms with E-state index in [0.717, 1.165) is 0 Å². The van der Waals surface area contributed by atoms with Crippen molar-refractivity contribution >= 4 is 24.3 Å². The first-order valence-electron chi connectivity index (χ1n) is 10.4. The van der Waals surface area contributed by atoms with Crippen LogP contribution in [-0.4, -0.2) is 0 Å². The minimum Gasteiger partial charge on any atom is -0.0620 e. The minimum atomic E-state index is 1.21. The minimum absolute atomic E-state index is 1.21. The summed E-state index contributed by atoms with van der Waals surface area (Å²) >= 11 is 0. The molecule has 0 heteroatoms. The van der Waals surface area contributed by atoms with Crippen molar-refractivity contribution in [2.45, 2.75) is 13.8 Å². The first-order valence-corrected chi connectivity index (χ1v) is 10.4. The van der Waals surface area contributed by atoms with Crippen molar-refractivity contribution < 1.29 is 0 Å². The van der Waals surface area contributed by atoms with E-state index < -0.39 is 0 Å². The first kappa shape index (κ1) is 19.7. The number of rotatable bonds is 5. The molecule has 0 saturated carbocycles. The summed E-state index contributed by atoms with van der Waals surface area (Å²) in [5, 5.41) is 0. The molecule has 0 nitrogen and oxygen atoms in total. The van der Waals surface area contributed by atoms with Gasteiger partial charge >= 0.3 is 0 Å². The summed E-state index contributed by atoms with van der Waals surface area (Å²) in [6.07, 6.45) is 8.68. The van der Waals surface area contributed by atoms with E-state index in [0.29, 0.717) is 0 Å². The maximum Gasteiger partial charge on any atom is -0.0184 e. The molecule has 0 amide bonds. The predicted molar refractivity (Wildman–Crippen MR) is 132 cm³/mol. The van der Waals surface area contributed by atoms with Crippen molar-refractivity contribution in [1.29, 1.82) is 0 Å². The molecule has 0 atom stereocenters. The number of hydrogen-bond donors (Lipinski definition) is 0. The Bertz CT molecular complexity index is 1170. The van der Waals surface area contributed by atoms with E-state index in [1.807, 2.05) is 0 Å². The lowest BCUT2D eigenvalue weighted by molar-refractivity contribution is 1.45. The topological polar surface area (TPSA) is 0 Å². The fourth-order valence-electron chi connectivity index (χ4n) is 3.50. The standard InChI is InChI=1S/C30H26/c1-23-6-5-8-27(22-23)11-10-25-13-18-29(19-14-25)30-20-15-26(16-21-30)12-17-28-9-4-3-7-24(28)2/h3-22H,1-2H3/b11-10+,17-12+. The Kier molecular flexibility index (Phi) is 6.06. The Balaban J connectivity index is 1.45. The summed E-state index contributed by atoms with van der Waals surface area (Å²) < 4.78 is 0. The second-order valence-electron chi connectivity index (χ2n) is 7.68. The second-order valence-corrected chi connectivity index (χ2v) is 7.68. The van der Waals surface area contributed by atoms with E-state index in [4.69, 9.17) is 0 Å². The zero-order chi connectivity index (χ0) is 20.8. The molecule has 0 aliphatic heterocycles. The molecule has 0 aliphatic carbocycles. The molecule has 30 heavy (non-hydrogen) atoms. The van der Waals surface area contributed by atoms with Gasteiger partial charge in [0, 0.05) is 0 Å². The van der Waals surface area contributed by atoms with Crippen molar-refractivity contribution in [2.24, 2.45) is 0 Å². The molecule has 0 radical (unpaired) electrons. The fraction of sp³-hybridized carbons (Fsp3) is 0.0667. The molecular formula is C30H26. The lowest BCUT2D eigenvalue weighted by atomic mass is 10.0. The molecule has 4 rings (SSSR count). The zero-order valence-corrected chi connectivity index (χ0v) is 17.5. The zero-order valence-electron chi connectivity index (χ0n) is 17.5. The third-order valence-electron chi connectivity index (χ3n) is 5.31. The van der Waals surface area contributed by atoms with Crippen LogP contribution in [0.15, 0.2) is 97.1 Å². The summed E-state index contributed by atoms with van der Waals surface area (Å²) in [7, 11) is 0.